The number of aliphatic imine (C=N–C) groups is 1. The molecule has 0 saturated heterocycles. The lowest BCUT2D eigenvalue weighted by atomic mass is 10.0. The molecule has 0 fully saturated rings. The number of methoxy groups -OCH3 is 1. The molecule has 0 aliphatic rings. The molecule has 0 aliphatic carbocycles. The Morgan fingerprint density at radius 2 is 1.76 bits per heavy atom. The molecule has 0 spiro atoms. The Bertz CT molecular complexity index is 805. The van der Waals surface area contributed by atoms with E-state index in [-0.39, 0.29) is 6.10 Å². The van der Waals surface area contributed by atoms with E-state index in [4.69, 9.17) is 9.47 Å². The van der Waals surface area contributed by atoms with Crippen molar-refractivity contribution in [2.24, 2.45) is 4.99 Å². The molecule has 2 aromatic carbocycles. The van der Waals surface area contributed by atoms with Crippen LogP contribution in [0.5, 0.6) is 11.5 Å². The van der Waals surface area contributed by atoms with Gasteiger partial charge in [0.25, 0.3) is 0 Å². The molecule has 0 aromatic heterocycles. The molecule has 0 unspecified atom stereocenters. The van der Waals surface area contributed by atoms with Gasteiger partial charge in [-0.1, -0.05) is 12.1 Å². The van der Waals surface area contributed by atoms with E-state index in [1.54, 1.807) is 13.4 Å². The Balaban J connectivity index is 2.43. The van der Waals surface area contributed by atoms with E-state index in [1.807, 2.05) is 69.2 Å². The van der Waals surface area contributed by atoms with Gasteiger partial charge in [0.2, 0.25) is 0 Å². The Kier molecular flexibility index (Phi) is 6.02. The number of hydrogen-bond acceptors (Lipinski definition) is 4. The van der Waals surface area contributed by atoms with Gasteiger partial charge in [0.1, 0.15) is 6.07 Å². The molecule has 0 aliphatic heterocycles. The van der Waals surface area contributed by atoms with Crippen molar-refractivity contribution in [3.8, 4) is 28.7 Å². The van der Waals surface area contributed by atoms with Crippen LogP contribution in [-0.2, 0) is 0 Å². The first-order valence-corrected chi connectivity index (χ1v) is 8.04. The highest BCUT2D eigenvalue weighted by Gasteiger charge is 2.10. The first-order valence-electron chi connectivity index (χ1n) is 8.04. The third-order valence-electron chi connectivity index (χ3n) is 3.40. The van der Waals surface area contributed by atoms with Crippen LogP contribution in [0, 0.1) is 11.3 Å². The van der Waals surface area contributed by atoms with Crippen LogP contribution in [0.2, 0.25) is 0 Å². The van der Waals surface area contributed by atoms with E-state index in [2.05, 4.69) is 11.1 Å². The summed E-state index contributed by atoms with van der Waals surface area (Å²) in [6, 6.07) is 13.6. The van der Waals surface area contributed by atoms with Crippen molar-refractivity contribution >= 4 is 12.0 Å². The summed E-state index contributed by atoms with van der Waals surface area (Å²) in [6.45, 7) is 3.94. The fraction of sp³-hybridized carbons (Fsp3) is 0.300. The standard InChI is InChI=1S/C20H23N3O2/c1-14(2)25-20-11-16(7-9-19(20)24-5)15-6-8-18(17(10-15)12-21)22-13-23(3)4/h6-11,13-14H,1-5H3/b22-13-. The Labute approximate surface area is 149 Å². The van der Waals surface area contributed by atoms with Gasteiger partial charge in [-0.2, -0.15) is 5.26 Å². The van der Waals surface area contributed by atoms with Crippen molar-refractivity contribution in [2.75, 3.05) is 21.2 Å². The summed E-state index contributed by atoms with van der Waals surface area (Å²) in [5.74, 6) is 1.37. The molecule has 2 rings (SSSR count). The molecule has 0 radical (unpaired) electrons. The molecule has 5 heteroatoms. The summed E-state index contributed by atoms with van der Waals surface area (Å²) in [5, 5.41) is 9.43. The maximum absolute atomic E-state index is 9.43. The number of rotatable bonds is 6. The van der Waals surface area contributed by atoms with Crippen molar-refractivity contribution < 1.29 is 9.47 Å². The van der Waals surface area contributed by atoms with Crippen LogP contribution >= 0.6 is 0 Å². The first kappa shape index (κ1) is 18.3. The number of ether oxygens (including phenoxy) is 2. The van der Waals surface area contributed by atoms with Crippen molar-refractivity contribution in [1.29, 1.82) is 5.26 Å². The smallest absolute Gasteiger partial charge is 0.162 e. The third kappa shape index (κ3) is 4.74. The minimum absolute atomic E-state index is 0.0431. The van der Waals surface area contributed by atoms with E-state index in [0.717, 1.165) is 11.1 Å². The lowest BCUT2D eigenvalue weighted by molar-refractivity contribution is 0.230. The predicted molar refractivity (Wildman–Crippen MR) is 101 cm³/mol. The van der Waals surface area contributed by atoms with E-state index < -0.39 is 0 Å². The molecule has 0 heterocycles. The van der Waals surface area contributed by atoms with Gasteiger partial charge in [0.15, 0.2) is 11.5 Å². The summed E-state index contributed by atoms with van der Waals surface area (Å²) in [7, 11) is 5.39. The number of benzene rings is 2. The molecule has 130 valence electrons. The zero-order valence-corrected chi connectivity index (χ0v) is 15.3. The number of hydrogen-bond donors (Lipinski definition) is 0. The van der Waals surface area contributed by atoms with Gasteiger partial charge in [-0.25, -0.2) is 4.99 Å². The highest BCUT2D eigenvalue weighted by molar-refractivity contribution is 5.73. The van der Waals surface area contributed by atoms with E-state index in [1.165, 1.54) is 0 Å². The Morgan fingerprint density at radius 1 is 1.08 bits per heavy atom. The summed E-state index contributed by atoms with van der Waals surface area (Å²) in [4.78, 5) is 6.16. The van der Waals surface area contributed by atoms with Gasteiger partial charge in [-0.05, 0) is 49.2 Å². The molecule has 0 saturated carbocycles. The fourth-order valence-corrected chi connectivity index (χ4v) is 2.30. The summed E-state index contributed by atoms with van der Waals surface area (Å²) in [6.07, 6.45) is 1.72. The Morgan fingerprint density at radius 3 is 2.36 bits per heavy atom. The van der Waals surface area contributed by atoms with E-state index in [0.29, 0.717) is 22.7 Å². The molecule has 5 nitrogen and oxygen atoms in total. The molecule has 25 heavy (non-hydrogen) atoms. The van der Waals surface area contributed by atoms with Crippen LogP contribution < -0.4 is 9.47 Å². The maximum Gasteiger partial charge on any atom is 0.162 e. The van der Waals surface area contributed by atoms with Gasteiger partial charge in [0.05, 0.1) is 30.8 Å². The highest BCUT2D eigenvalue weighted by Crippen LogP contribution is 2.34. The summed E-state index contributed by atoms with van der Waals surface area (Å²) < 4.78 is 11.2. The van der Waals surface area contributed by atoms with Crippen molar-refractivity contribution in [3.63, 3.8) is 0 Å². The molecule has 0 bridgehead atoms. The van der Waals surface area contributed by atoms with Crippen LogP contribution in [0.1, 0.15) is 19.4 Å². The molecule has 0 atom stereocenters. The maximum atomic E-state index is 9.43. The summed E-state index contributed by atoms with van der Waals surface area (Å²) >= 11 is 0. The Hall–Kier alpha value is -3.00. The second kappa shape index (κ2) is 8.20. The molecular formula is C20H23N3O2. The van der Waals surface area contributed by atoms with Gasteiger partial charge in [-0.15, -0.1) is 0 Å². The number of nitriles is 1. The van der Waals surface area contributed by atoms with Crippen molar-refractivity contribution in [3.05, 3.63) is 42.0 Å². The van der Waals surface area contributed by atoms with Gasteiger partial charge >= 0.3 is 0 Å². The normalized spacial score (nSPS) is 10.8. The van der Waals surface area contributed by atoms with Gasteiger partial charge < -0.3 is 14.4 Å². The van der Waals surface area contributed by atoms with Gasteiger partial charge in [-0.3, -0.25) is 0 Å². The predicted octanol–water partition coefficient (Wildman–Crippen LogP) is 4.24. The van der Waals surface area contributed by atoms with E-state index >= 15 is 0 Å². The van der Waals surface area contributed by atoms with Crippen LogP contribution in [0.3, 0.4) is 0 Å². The quantitative estimate of drug-likeness (QED) is 0.584. The zero-order valence-electron chi connectivity index (χ0n) is 15.3. The van der Waals surface area contributed by atoms with Crippen LogP contribution in [0.25, 0.3) is 11.1 Å². The SMILES string of the molecule is COc1ccc(-c2ccc(/N=C\N(C)C)c(C#N)c2)cc1OC(C)C. The lowest BCUT2D eigenvalue weighted by Gasteiger charge is -2.15. The lowest BCUT2D eigenvalue weighted by Crippen LogP contribution is -2.07. The molecule has 0 amide bonds. The molecule has 0 N–H and O–H groups in total. The minimum atomic E-state index is 0.0431. The first-order chi connectivity index (χ1) is 11.9. The monoisotopic (exact) mass is 337 g/mol. The van der Waals surface area contributed by atoms with Crippen molar-refractivity contribution in [2.45, 2.75) is 20.0 Å². The minimum Gasteiger partial charge on any atom is -0.493 e. The second-order valence-corrected chi connectivity index (χ2v) is 6.08. The van der Waals surface area contributed by atoms with Gasteiger partial charge in [0, 0.05) is 14.1 Å². The van der Waals surface area contributed by atoms with E-state index in [9.17, 15) is 5.26 Å². The third-order valence-corrected chi connectivity index (χ3v) is 3.40. The topological polar surface area (TPSA) is 57.8 Å². The number of nitrogens with zero attached hydrogens (tertiary/aromatic N) is 3. The van der Waals surface area contributed by atoms with Crippen LogP contribution in [0.15, 0.2) is 41.4 Å². The summed E-state index contributed by atoms with van der Waals surface area (Å²) in [5.41, 5.74) is 3.05. The average molecular weight is 337 g/mol. The largest absolute Gasteiger partial charge is 0.493 e. The average Bonchev–Trinajstić information content (AvgIpc) is 2.59. The molecular weight excluding hydrogens is 314 g/mol. The van der Waals surface area contributed by atoms with Crippen molar-refractivity contribution in [1.82, 2.24) is 4.90 Å². The second-order valence-electron chi connectivity index (χ2n) is 6.08. The zero-order chi connectivity index (χ0) is 18.4. The highest BCUT2D eigenvalue weighted by atomic mass is 16.5. The fourth-order valence-electron chi connectivity index (χ4n) is 2.30. The van der Waals surface area contributed by atoms with Crippen LogP contribution in [-0.4, -0.2) is 38.5 Å². The molecule has 2 aromatic rings. The van der Waals surface area contributed by atoms with Crippen LogP contribution in [0.4, 0.5) is 5.69 Å².